The van der Waals surface area contributed by atoms with Gasteiger partial charge in [0.15, 0.2) is 0 Å². The van der Waals surface area contributed by atoms with E-state index in [4.69, 9.17) is 0 Å². The monoisotopic (exact) mass is 352 g/mol. The smallest absolute Gasteiger partial charge is 0.148 e. The van der Waals surface area contributed by atoms with Gasteiger partial charge in [0, 0.05) is 37.3 Å². The number of piperidine rings is 1. The van der Waals surface area contributed by atoms with Crippen molar-refractivity contribution in [3.05, 3.63) is 30.3 Å². The molecular formula is C16H21FN4O2S. The lowest BCUT2D eigenvalue weighted by atomic mass is 10.0. The predicted octanol–water partition coefficient (Wildman–Crippen LogP) is 1.69. The average Bonchev–Trinajstić information content (AvgIpc) is 2.54. The van der Waals surface area contributed by atoms with Crippen molar-refractivity contribution in [3.8, 4) is 0 Å². The summed E-state index contributed by atoms with van der Waals surface area (Å²) in [6.45, 7) is 2.25. The van der Waals surface area contributed by atoms with Crippen molar-refractivity contribution >= 4 is 26.6 Å². The molecule has 130 valence electrons. The highest BCUT2D eigenvalue weighted by atomic mass is 32.2. The van der Waals surface area contributed by atoms with E-state index in [-0.39, 0.29) is 17.6 Å². The van der Waals surface area contributed by atoms with Crippen LogP contribution in [0.2, 0.25) is 0 Å². The molecule has 1 aliphatic rings. The van der Waals surface area contributed by atoms with Gasteiger partial charge in [-0.15, -0.1) is 0 Å². The molecule has 6 nitrogen and oxygen atoms in total. The van der Waals surface area contributed by atoms with E-state index in [1.807, 2.05) is 0 Å². The van der Waals surface area contributed by atoms with E-state index in [2.05, 4.69) is 20.2 Å². The highest BCUT2D eigenvalue weighted by Gasteiger charge is 2.20. The first-order valence-electron chi connectivity index (χ1n) is 7.97. The van der Waals surface area contributed by atoms with Crippen LogP contribution in [-0.4, -0.2) is 61.0 Å². The Bertz CT molecular complexity index is 820. The van der Waals surface area contributed by atoms with E-state index in [0.717, 1.165) is 25.9 Å². The molecule has 1 aliphatic heterocycles. The van der Waals surface area contributed by atoms with Crippen molar-refractivity contribution in [2.75, 3.05) is 37.0 Å². The molecule has 0 atom stereocenters. The van der Waals surface area contributed by atoms with Gasteiger partial charge in [0.25, 0.3) is 0 Å². The van der Waals surface area contributed by atoms with Crippen LogP contribution in [0.3, 0.4) is 0 Å². The second-order valence-corrected chi connectivity index (χ2v) is 8.53. The summed E-state index contributed by atoms with van der Waals surface area (Å²) in [6, 6.07) is 4.71. The van der Waals surface area contributed by atoms with E-state index in [1.54, 1.807) is 6.07 Å². The summed E-state index contributed by atoms with van der Waals surface area (Å²) in [4.78, 5) is 10.6. The molecule has 0 aliphatic carbocycles. The lowest BCUT2D eigenvalue weighted by molar-refractivity contribution is 0.230. The van der Waals surface area contributed by atoms with Gasteiger partial charge in [-0.1, -0.05) is 0 Å². The molecule has 1 aromatic heterocycles. The Morgan fingerprint density at radius 1 is 1.29 bits per heavy atom. The minimum absolute atomic E-state index is 0.195. The number of likely N-dealkylation sites (tertiary alicyclic amines) is 1. The molecule has 1 saturated heterocycles. The van der Waals surface area contributed by atoms with E-state index >= 15 is 0 Å². The minimum Gasteiger partial charge on any atom is -0.367 e. The maximum atomic E-state index is 13.5. The van der Waals surface area contributed by atoms with E-state index in [9.17, 15) is 12.8 Å². The maximum Gasteiger partial charge on any atom is 0.148 e. The summed E-state index contributed by atoms with van der Waals surface area (Å²) in [5, 5.41) is 4.06. The number of aromatic nitrogens is 2. The molecule has 1 aromatic carbocycles. The molecule has 1 N–H and O–H groups in total. The molecule has 0 saturated carbocycles. The number of nitrogens with zero attached hydrogens (tertiary/aromatic N) is 3. The van der Waals surface area contributed by atoms with Crippen molar-refractivity contribution in [2.24, 2.45) is 0 Å². The summed E-state index contributed by atoms with van der Waals surface area (Å²) in [6.07, 6.45) is 4.53. The quantitative estimate of drug-likeness (QED) is 0.883. The predicted molar refractivity (Wildman–Crippen MR) is 92.3 cm³/mol. The second kappa shape index (κ2) is 6.98. The van der Waals surface area contributed by atoms with Crippen LogP contribution in [0, 0.1) is 5.82 Å². The van der Waals surface area contributed by atoms with E-state index in [1.165, 1.54) is 24.7 Å². The third-order valence-corrected chi connectivity index (χ3v) is 5.23. The zero-order valence-corrected chi connectivity index (χ0v) is 14.4. The number of hydrogen-bond donors (Lipinski definition) is 1. The number of nitrogens with one attached hydrogen (secondary N) is 1. The fourth-order valence-electron chi connectivity index (χ4n) is 2.93. The standard InChI is InChI=1S/C16H21FN4O2S/c1-24(22,23)9-8-21-6-4-13(5-7-21)20-16-14-10-12(17)2-3-15(14)18-11-19-16/h2-3,10-11,13H,4-9H2,1H3,(H,18,19,20). The number of anilines is 1. The Labute approximate surface area is 141 Å². The summed E-state index contributed by atoms with van der Waals surface area (Å²) < 4.78 is 36.0. The lowest BCUT2D eigenvalue weighted by Crippen LogP contribution is -2.41. The summed E-state index contributed by atoms with van der Waals surface area (Å²) in [7, 11) is -2.92. The number of hydrogen-bond acceptors (Lipinski definition) is 6. The molecule has 8 heteroatoms. The molecule has 0 unspecified atom stereocenters. The molecule has 2 aromatic rings. The third-order valence-electron chi connectivity index (χ3n) is 4.30. The van der Waals surface area contributed by atoms with Crippen LogP contribution in [0.25, 0.3) is 10.9 Å². The summed E-state index contributed by atoms with van der Waals surface area (Å²) >= 11 is 0. The summed E-state index contributed by atoms with van der Waals surface area (Å²) in [5.74, 6) is 0.533. The van der Waals surface area contributed by atoms with Gasteiger partial charge in [-0.2, -0.15) is 0 Å². The van der Waals surface area contributed by atoms with Crippen molar-refractivity contribution in [1.29, 1.82) is 0 Å². The zero-order chi connectivity index (χ0) is 17.2. The Balaban J connectivity index is 1.61. The van der Waals surface area contributed by atoms with Gasteiger partial charge < -0.3 is 10.2 Å². The Hall–Kier alpha value is -1.80. The lowest BCUT2D eigenvalue weighted by Gasteiger charge is -2.32. The molecule has 24 heavy (non-hydrogen) atoms. The molecule has 2 heterocycles. The van der Waals surface area contributed by atoms with Crippen LogP contribution in [0.15, 0.2) is 24.5 Å². The Morgan fingerprint density at radius 3 is 2.75 bits per heavy atom. The number of benzene rings is 1. The number of rotatable bonds is 5. The minimum atomic E-state index is -2.92. The molecule has 0 bridgehead atoms. The number of fused-ring (bicyclic) bond motifs is 1. The number of sulfone groups is 1. The van der Waals surface area contributed by atoms with Crippen LogP contribution >= 0.6 is 0 Å². The van der Waals surface area contributed by atoms with E-state index < -0.39 is 9.84 Å². The normalized spacial score (nSPS) is 17.2. The van der Waals surface area contributed by atoms with Gasteiger partial charge in [0.05, 0.1) is 11.3 Å². The van der Waals surface area contributed by atoms with Crippen LogP contribution < -0.4 is 5.32 Å². The van der Waals surface area contributed by atoms with Gasteiger partial charge in [-0.05, 0) is 31.0 Å². The Kier molecular flexibility index (Phi) is 4.96. The van der Waals surface area contributed by atoms with Gasteiger partial charge in [-0.25, -0.2) is 22.8 Å². The molecule has 0 amide bonds. The van der Waals surface area contributed by atoms with Crippen molar-refractivity contribution in [1.82, 2.24) is 14.9 Å². The molecule has 0 spiro atoms. The van der Waals surface area contributed by atoms with E-state index in [0.29, 0.717) is 23.3 Å². The zero-order valence-electron chi connectivity index (χ0n) is 13.6. The molecule has 3 rings (SSSR count). The van der Waals surface area contributed by atoms with Crippen LogP contribution in [0.4, 0.5) is 10.2 Å². The highest BCUT2D eigenvalue weighted by Crippen LogP contribution is 2.23. The largest absolute Gasteiger partial charge is 0.367 e. The second-order valence-electron chi connectivity index (χ2n) is 6.27. The van der Waals surface area contributed by atoms with Crippen LogP contribution in [-0.2, 0) is 9.84 Å². The maximum absolute atomic E-state index is 13.5. The van der Waals surface area contributed by atoms with Gasteiger partial charge in [-0.3, -0.25) is 0 Å². The fourth-order valence-corrected chi connectivity index (χ4v) is 3.52. The van der Waals surface area contributed by atoms with Gasteiger partial charge in [0.2, 0.25) is 0 Å². The summed E-state index contributed by atoms with van der Waals surface area (Å²) in [5.41, 5.74) is 0.708. The fraction of sp³-hybridized carbons (Fsp3) is 0.500. The topological polar surface area (TPSA) is 75.2 Å². The van der Waals surface area contributed by atoms with Crippen molar-refractivity contribution < 1.29 is 12.8 Å². The first kappa shape index (κ1) is 17.0. The first-order valence-corrected chi connectivity index (χ1v) is 10.0. The van der Waals surface area contributed by atoms with Gasteiger partial charge in [0.1, 0.15) is 27.8 Å². The highest BCUT2D eigenvalue weighted by molar-refractivity contribution is 7.90. The SMILES string of the molecule is CS(=O)(=O)CCN1CCC(Nc2ncnc3ccc(F)cc23)CC1. The first-order chi connectivity index (χ1) is 11.4. The molecule has 0 radical (unpaired) electrons. The Morgan fingerprint density at radius 2 is 2.04 bits per heavy atom. The molecular weight excluding hydrogens is 331 g/mol. The van der Waals surface area contributed by atoms with Gasteiger partial charge >= 0.3 is 0 Å². The number of halogens is 1. The molecule has 1 fully saturated rings. The van der Waals surface area contributed by atoms with Crippen LogP contribution in [0.1, 0.15) is 12.8 Å². The van der Waals surface area contributed by atoms with Crippen LogP contribution in [0.5, 0.6) is 0 Å². The van der Waals surface area contributed by atoms with Crippen molar-refractivity contribution in [2.45, 2.75) is 18.9 Å². The third kappa shape index (κ3) is 4.39. The van der Waals surface area contributed by atoms with Crippen molar-refractivity contribution in [3.63, 3.8) is 0 Å². The average molecular weight is 352 g/mol.